The Morgan fingerprint density at radius 2 is 1.24 bits per heavy atom. The third kappa shape index (κ3) is 5.13. The van der Waals surface area contributed by atoms with Crippen LogP contribution in [-0.4, -0.2) is 10.6 Å². The number of nitrogens with zero attached hydrogens (tertiary/aromatic N) is 2. The number of hydrogen-bond donors (Lipinski definition) is 0. The topological polar surface area (TPSA) is 21.3 Å². The van der Waals surface area contributed by atoms with Crippen LogP contribution in [0.4, 0.5) is 11.4 Å². The number of para-hydroxylation sites is 1. The maximum atomic E-state index is 6.50. The first-order chi connectivity index (χ1) is 28.7. The fourth-order valence-electron chi connectivity index (χ4n) is 9.91. The van der Waals surface area contributed by atoms with Crippen molar-refractivity contribution in [3.8, 4) is 33.4 Å². The molecular weight excluding hydrogens is 705 g/mol. The zero-order valence-electron chi connectivity index (χ0n) is 32.2. The van der Waals surface area contributed by atoms with Crippen LogP contribution in [0, 0.1) is 5.92 Å². The molecule has 2 aliphatic carbocycles. The highest BCUT2D eigenvalue weighted by Crippen LogP contribution is 2.50. The minimum Gasteiger partial charge on any atom is -0.456 e. The molecule has 3 heteroatoms. The largest absolute Gasteiger partial charge is 0.456 e. The Kier molecular flexibility index (Phi) is 7.40. The highest BCUT2D eigenvalue weighted by atomic mass is 16.3. The molecule has 58 heavy (non-hydrogen) atoms. The van der Waals surface area contributed by atoms with Gasteiger partial charge in [0, 0.05) is 44.5 Å². The highest BCUT2D eigenvalue weighted by molar-refractivity contribution is 6.12. The van der Waals surface area contributed by atoms with Crippen molar-refractivity contribution >= 4 is 60.8 Å². The monoisotopic (exact) mass is 744 g/mol. The second kappa shape index (κ2) is 13.0. The van der Waals surface area contributed by atoms with E-state index in [1.165, 1.54) is 77.8 Å². The van der Waals surface area contributed by atoms with E-state index in [9.17, 15) is 0 Å². The lowest BCUT2D eigenvalue weighted by atomic mass is 9.88. The molecule has 3 unspecified atom stereocenters. The number of allylic oxidation sites excluding steroid dienone is 6. The van der Waals surface area contributed by atoms with Gasteiger partial charge in [-0.15, -0.1) is 0 Å². The predicted molar refractivity (Wildman–Crippen MR) is 244 cm³/mol. The second-order valence-corrected chi connectivity index (χ2v) is 16.1. The van der Waals surface area contributed by atoms with Crippen LogP contribution in [0.5, 0.6) is 0 Å². The molecule has 3 nitrogen and oxygen atoms in total. The normalized spacial score (nSPS) is 18.4. The van der Waals surface area contributed by atoms with Crippen molar-refractivity contribution in [1.82, 2.24) is 4.57 Å². The van der Waals surface area contributed by atoms with Crippen molar-refractivity contribution in [3.63, 3.8) is 0 Å². The fourth-order valence-corrected chi connectivity index (χ4v) is 9.91. The number of furan rings is 1. The molecule has 9 aromatic rings. The first kappa shape index (κ1) is 33.1. The Labute approximate surface area is 337 Å². The molecule has 0 bridgehead atoms. The molecule has 0 amide bonds. The lowest BCUT2D eigenvalue weighted by Gasteiger charge is -2.28. The van der Waals surface area contributed by atoms with Crippen LogP contribution < -0.4 is 4.90 Å². The zero-order chi connectivity index (χ0) is 38.3. The van der Waals surface area contributed by atoms with Gasteiger partial charge in [-0.05, 0) is 118 Å². The molecule has 0 saturated heterocycles. The smallest absolute Gasteiger partial charge is 0.135 e. The summed E-state index contributed by atoms with van der Waals surface area (Å²) in [6.45, 7) is 2.29. The van der Waals surface area contributed by atoms with Gasteiger partial charge in [-0.3, -0.25) is 0 Å². The average Bonchev–Trinajstić information content (AvgIpc) is 3.93. The van der Waals surface area contributed by atoms with Crippen LogP contribution in [0.1, 0.15) is 24.8 Å². The molecule has 3 aliphatic rings. The maximum absolute atomic E-state index is 6.50. The van der Waals surface area contributed by atoms with Gasteiger partial charge in [0.05, 0.1) is 17.1 Å². The molecule has 3 heterocycles. The van der Waals surface area contributed by atoms with E-state index in [0.717, 1.165) is 28.4 Å². The number of anilines is 2. The summed E-state index contributed by atoms with van der Waals surface area (Å²) >= 11 is 0. The molecule has 276 valence electrons. The summed E-state index contributed by atoms with van der Waals surface area (Å²) in [4.78, 5) is 2.52. The number of fused-ring (bicyclic) bond motifs is 9. The van der Waals surface area contributed by atoms with Crippen molar-refractivity contribution in [2.75, 3.05) is 4.90 Å². The fraction of sp³-hybridized carbons (Fsp3) is 0.0909. The van der Waals surface area contributed by atoms with Gasteiger partial charge in [0.2, 0.25) is 0 Å². The van der Waals surface area contributed by atoms with Gasteiger partial charge in [-0.1, -0.05) is 134 Å². The lowest BCUT2D eigenvalue weighted by molar-refractivity contribution is 0.669. The summed E-state index contributed by atoms with van der Waals surface area (Å²) in [5.41, 5.74) is 16.7. The first-order valence-electron chi connectivity index (χ1n) is 20.5. The Morgan fingerprint density at radius 1 is 0.552 bits per heavy atom. The van der Waals surface area contributed by atoms with Crippen molar-refractivity contribution in [2.45, 2.75) is 25.3 Å². The van der Waals surface area contributed by atoms with E-state index in [4.69, 9.17) is 4.42 Å². The summed E-state index contributed by atoms with van der Waals surface area (Å²) in [7, 11) is 0. The van der Waals surface area contributed by atoms with Gasteiger partial charge in [0.25, 0.3) is 0 Å². The van der Waals surface area contributed by atoms with E-state index in [1.54, 1.807) is 0 Å². The van der Waals surface area contributed by atoms with Crippen molar-refractivity contribution in [1.29, 1.82) is 0 Å². The van der Waals surface area contributed by atoms with E-state index >= 15 is 0 Å². The quantitative estimate of drug-likeness (QED) is 0.175. The molecule has 7 aromatic carbocycles. The van der Waals surface area contributed by atoms with Crippen LogP contribution in [-0.2, 0) is 0 Å². The number of aromatic nitrogens is 1. The summed E-state index contributed by atoms with van der Waals surface area (Å²) in [5, 5.41) is 4.80. The lowest BCUT2D eigenvalue weighted by Crippen LogP contribution is -2.28. The summed E-state index contributed by atoms with van der Waals surface area (Å²) < 4.78 is 8.93. The van der Waals surface area contributed by atoms with Gasteiger partial charge >= 0.3 is 0 Å². The van der Waals surface area contributed by atoms with Gasteiger partial charge in [0.15, 0.2) is 0 Å². The maximum Gasteiger partial charge on any atom is 0.135 e. The van der Waals surface area contributed by atoms with E-state index in [-0.39, 0.29) is 12.0 Å². The Bertz CT molecular complexity index is 3240. The van der Waals surface area contributed by atoms with Gasteiger partial charge in [-0.2, -0.15) is 0 Å². The Morgan fingerprint density at radius 3 is 2.10 bits per heavy atom. The molecule has 12 rings (SSSR count). The van der Waals surface area contributed by atoms with Gasteiger partial charge in [0.1, 0.15) is 11.2 Å². The van der Waals surface area contributed by atoms with Gasteiger partial charge in [-0.25, -0.2) is 0 Å². The minimum atomic E-state index is 0.183. The number of hydrogen-bond acceptors (Lipinski definition) is 2. The molecule has 0 spiro atoms. The van der Waals surface area contributed by atoms with E-state index in [1.807, 2.05) is 0 Å². The van der Waals surface area contributed by atoms with E-state index < -0.39 is 0 Å². The Hall–Kier alpha value is -7.10. The SMILES string of the molecule is CC1C=C(n2c3ccccc3c3cc(-c4ccc5oc6ccc(N7c8ccc(-c9ccccc9-c9ccccc9)cc8C8C=CC=CC87)cc6c5c4)ccc32)C=CC1. The molecule has 0 N–H and O–H groups in total. The van der Waals surface area contributed by atoms with E-state index in [0.29, 0.717) is 5.92 Å². The average molecular weight is 745 g/mol. The van der Waals surface area contributed by atoms with Crippen molar-refractivity contribution < 1.29 is 4.42 Å². The van der Waals surface area contributed by atoms with Crippen LogP contribution in [0.25, 0.3) is 82.8 Å². The van der Waals surface area contributed by atoms with Crippen LogP contribution in [0.3, 0.4) is 0 Å². The molecule has 0 radical (unpaired) electrons. The summed E-state index contributed by atoms with van der Waals surface area (Å²) in [5.74, 6) is 0.772. The minimum absolute atomic E-state index is 0.183. The van der Waals surface area contributed by atoms with Crippen molar-refractivity contribution in [3.05, 3.63) is 200 Å². The third-order valence-electron chi connectivity index (χ3n) is 12.6. The molecule has 2 aromatic heterocycles. The molecular formula is C55H40N2O. The standard InChI is InChI=1S/C55H40N2O/c1-35-12-11-15-40(30-35)56-50-20-9-7-18-44(50)46-31-37(22-26-52(46)56)38-24-28-54-48(32-38)49-34-41(25-29-55(49)58-54)57-51-21-10-8-19-45(51)47-33-39(23-27-53(47)57)43-17-6-5-16-42(43)36-13-3-2-4-14-36/h2-11,13-35,45,51H,12H2,1H3. The highest BCUT2D eigenvalue weighted by Gasteiger charge is 2.38. The first-order valence-corrected chi connectivity index (χ1v) is 20.5. The number of benzene rings is 7. The van der Waals surface area contributed by atoms with Crippen molar-refractivity contribution in [2.24, 2.45) is 5.92 Å². The number of rotatable bonds is 5. The van der Waals surface area contributed by atoms with Gasteiger partial charge < -0.3 is 13.9 Å². The molecule has 0 fully saturated rings. The predicted octanol–water partition coefficient (Wildman–Crippen LogP) is 14.9. The summed E-state index contributed by atoms with van der Waals surface area (Å²) in [6, 6.07) is 55.8. The Balaban J connectivity index is 0.953. The molecule has 0 saturated carbocycles. The molecule has 3 atom stereocenters. The third-order valence-corrected chi connectivity index (χ3v) is 12.6. The second-order valence-electron chi connectivity index (χ2n) is 16.1. The zero-order valence-corrected chi connectivity index (χ0v) is 32.2. The van der Waals surface area contributed by atoms with Crippen LogP contribution >= 0.6 is 0 Å². The van der Waals surface area contributed by atoms with E-state index in [2.05, 4.69) is 211 Å². The summed E-state index contributed by atoms with van der Waals surface area (Å²) in [6.07, 6.45) is 17.2. The molecule has 1 aliphatic heterocycles. The van der Waals surface area contributed by atoms with Crippen LogP contribution in [0.15, 0.2) is 199 Å². The van der Waals surface area contributed by atoms with Crippen LogP contribution in [0.2, 0.25) is 0 Å².